The number of carbonyl (C=O) groups excluding carboxylic acids is 1. The summed E-state index contributed by atoms with van der Waals surface area (Å²) in [5.74, 6) is -0.0260. The number of rotatable bonds is 0. The fourth-order valence-corrected chi connectivity index (χ4v) is 2.61. The first-order chi connectivity index (χ1) is 7.31. The van der Waals surface area contributed by atoms with Crippen molar-refractivity contribution in [2.24, 2.45) is 5.92 Å². The van der Waals surface area contributed by atoms with Crippen LogP contribution >= 0.6 is 0 Å². The Labute approximate surface area is 87.4 Å². The average molecular weight is 201 g/mol. The number of benzene rings is 1. The zero-order valence-electron chi connectivity index (χ0n) is 8.10. The normalized spacial score (nSPS) is 30.1. The van der Waals surface area contributed by atoms with Gasteiger partial charge >= 0.3 is 0 Å². The summed E-state index contributed by atoms with van der Waals surface area (Å²) >= 11 is 0. The summed E-state index contributed by atoms with van der Waals surface area (Å²) in [7, 11) is 0. The van der Waals surface area contributed by atoms with Crippen molar-refractivity contribution in [3.8, 4) is 0 Å². The molecule has 2 aliphatic rings. The molecule has 1 aromatic rings. The van der Waals surface area contributed by atoms with Crippen molar-refractivity contribution < 1.29 is 9.90 Å². The molecule has 1 aliphatic carbocycles. The number of carbonyl (C=O) groups is 1. The number of amides is 1. The lowest BCUT2D eigenvalue weighted by atomic mass is 9.98. The second kappa shape index (κ2) is 2.86. The van der Waals surface area contributed by atoms with Gasteiger partial charge in [0.05, 0.1) is 17.9 Å². The molecule has 15 heavy (non-hydrogen) atoms. The van der Waals surface area contributed by atoms with E-state index < -0.39 is 0 Å². The van der Waals surface area contributed by atoms with Gasteiger partial charge < -0.3 is 10.4 Å². The van der Waals surface area contributed by atoms with Crippen LogP contribution in [0.2, 0.25) is 0 Å². The van der Waals surface area contributed by atoms with Crippen LogP contribution in [0.1, 0.15) is 17.2 Å². The maximum Gasteiger partial charge on any atom is 0.251 e. The van der Waals surface area contributed by atoms with Gasteiger partial charge in [-0.1, -0.05) is 24.3 Å². The fourth-order valence-electron chi connectivity index (χ4n) is 2.61. The molecule has 1 aliphatic heterocycles. The van der Waals surface area contributed by atoms with Crippen LogP contribution < -0.4 is 5.32 Å². The van der Waals surface area contributed by atoms with E-state index in [9.17, 15) is 4.79 Å². The summed E-state index contributed by atoms with van der Waals surface area (Å²) in [6.07, 6.45) is 1.79. The summed E-state index contributed by atoms with van der Waals surface area (Å²) in [5, 5.41) is 11.9. The molecule has 76 valence electrons. The minimum atomic E-state index is -0.137. The standard InChI is InChI=1S/C12H11NO2/c14-6-10-9-5-7-3-1-2-4-8(7)11(9)13-12(10)15/h1-4,6,9,11,14H,5H2,(H,13,15)/b10-6+. The molecule has 3 heteroatoms. The smallest absolute Gasteiger partial charge is 0.251 e. The van der Waals surface area contributed by atoms with Gasteiger partial charge in [-0.3, -0.25) is 4.79 Å². The molecule has 0 saturated carbocycles. The van der Waals surface area contributed by atoms with Crippen LogP contribution in [0.15, 0.2) is 36.1 Å². The number of aliphatic hydroxyl groups excluding tert-OH is 1. The zero-order valence-corrected chi connectivity index (χ0v) is 8.10. The van der Waals surface area contributed by atoms with Crippen LogP contribution in [0.3, 0.4) is 0 Å². The van der Waals surface area contributed by atoms with Crippen LogP contribution in [-0.2, 0) is 11.2 Å². The third-order valence-electron chi connectivity index (χ3n) is 3.32. The van der Waals surface area contributed by atoms with E-state index in [1.165, 1.54) is 11.1 Å². The predicted octanol–water partition coefficient (Wildman–Crippen LogP) is 1.47. The van der Waals surface area contributed by atoms with Crippen molar-refractivity contribution in [3.63, 3.8) is 0 Å². The molecule has 3 nitrogen and oxygen atoms in total. The molecular weight excluding hydrogens is 190 g/mol. The van der Waals surface area contributed by atoms with Crippen molar-refractivity contribution in [2.45, 2.75) is 12.5 Å². The van der Waals surface area contributed by atoms with Gasteiger partial charge in [0.2, 0.25) is 0 Å². The molecule has 2 N–H and O–H groups in total. The summed E-state index contributed by atoms with van der Waals surface area (Å²) in [4.78, 5) is 11.5. The molecule has 0 aromatic heterocycles. The Morgan fingerprint density at radius 2 is 2.20 bits per heavy atom. The molecule has 0 bridgehead atoms. The molecule has 0 radical (unpaired) electrons. The van der Waals surface area contributed by atoms with Gasteiger partial charge in [-0.2, -0.15) is 0 Å². The lowest BCUT2D eigenvalue weighted by Gasteiger charge is -2.08. The van der Waals surface area contributed by atoms with Gasteiger partial charge in [-0.05, 0) is 17.5 Å². The molecule has 1 amide bonds. The Hall–Kier alpha value is -1.77. The largest absolute Gasteiger partial charge is 0.515 e. The average Bonchev–Trinajstić information content (AvgIpc) is 2.72. The Balaban J connectivity index is 2.08. The van der Waals surface area contributed by atoms with Gasteiger partial charge in [-0.25, -0.2) is 0 Å². The van der Waals surface area contributed by atoms with Crippen LogP contribution in [0.5, 0.6) is 0 Å². The first-order valence-corrected chi connectivity index (χ1v) is 5.04. The van der Waals surface area contributed by atoms with E-state index in [-0.39, 0.29) is 17.9 Å². The quantitative estimate of drug-likeness (QED) is 0.493. The van der Waals surface area contributed by atoms with Gasteiger partial charge in [-0.15, -0.1) is 0 Å². The number of aliphatic hydroxyl groups is 1. The topological polar surface area (TPSA) is 49.3 Å². The molecule has 1 fully saturated rings. The second-order valence-corrected chi connectivity index (χ2v) is 4.05. The number of fused-ring (bicyclic) bond motifs is 3. The Morgan fingerprint density at radius 3 is 3.00 bits per heavy atom. The van der Waals surface area contributed by atoms with Crippen molar-refractivity contribution in [3.05, 3.63) is 47.2 Å². The van der Waals surface area contributed by atoms with Crippen LogP contribution in [0, 0.1) is 5.92 Å². The number of hydrogen-bond acceptors (Lipinski definition) is 2. The van der Waals surface area contributed by atoms with Crippen molar-refractivity contribution in [2.75, 3.05) is 0 Å². The minimum absolute atomic E-state index is 0.0621. The molecule has 1 aromatic carbocycles. The lowest BCUT2D eigenvalue weighted by Crippen LogP contribution is -2.18. The highest BCUT2D eigenvalue weighted by molar-refractivity contribution is 5.97. The van der Waals surface area contributed by atoms with E-state index in [2.05, 4.69) is 11.4 Å². The highest BCUT2D eigenvalue weighted by Crippen LogP contribution is 2.43. The molecule has 1 saturated heterocycles. The summed E-state index contributed by atoms with van der Waals surface area (Å²) in [6.45, 7) is 0. The molecule has 3 rings (SSSR count). The SMILES string of the molecule is O=C1NC2c3ccccc3CC2/C1=C\O. The summed E-state index contributed by atoms with van der Waals surface area (Å²) in [5.41, 5.74) is 2.97. The third kappa shape index (κ3) is 1.03. The van der Waals surface area contributed by atoms with Crippen LogP contribution in [0.25, 0.3) is 0 Å². The lowest BCUT2D eigenvalue weighted by molar-refractivity contribution is -0.116. The van der Waals surface area contributed by atoms with Gasteiger partial charge in [0.1, 0.15) is 0 Å². The minimum Gasteiger partial charge on any atom is -0.515 e. The molecule has 0 spiro atoms. The van der Waals surface area contributed by atoms with E-state index in [0.29, 0.717) is 5.57 Å². The molecule has 2 unspecified atom stereocenters. The molecule has 1 heterocycles. The van der Waals surface area contributed by atoms with E-state index in [4.69, 9.17) is 5.11 Å². The zero-order chi connectivity index (χ0) is 10.4. The van der Waals surface area contributed by atoms with E-state index in [0.717, 1.165) is 12.7 Å². The van der Waals surface area contributed by atoms with Gasteiger partial charge in [0, 0.05) is 5.92 Å². The fraction of sp³-hybridized carbons (Fsp3) is 0.250. The monoisotopic (exact) mass is 201 g/mol. The van der Waals surface area contributed by atoms with Crippen LogP contribution in [0.4, 0.5) is 0 Å². The van der Waals surface area contributed by atoms with E-state index >= 15 is 0 Å². The first kappa shape index (κ1) is 8.53. The highest BCUT2D eigenvalue weighted by atomic mass is 16.2. The van der Waals surface area contributed by atoms with Crippen LogP contribution in [-0.4, -0.2) is 11.0 Å². The Morgan fingerprint density at radius 1 is 1.40 bits per heavy atom. The highest BCUT2D eigenvalue weighted by Gasteiger charge is 2.43. The molecular formula is C12H11NO2. The predicted molar refractivity (Wildman–Crippen MR) is 55.2 cm³/mol. The molecule has 2 atom stereocenters. The maximum absolute atomic E-state index is 11.5. The van der Waals surface area contributed by atoms with Crippen molar-refractivity contribution in [1.29, 1.82) is 0 Å². The van der Waals surface area contributed by atoms with E-state index in [1.54, 1.807) is 0 Å². The first-order valence-electron chi connectivity index (χ1n) is 5.04. The van der Waals surface area contributed by atoms with Gasteiger partial charge in [0.25, 0.3) is 5.91 Å². The Kier molecular flexibility index (Phi) is 1.63. The number of hydrogen-bond donors (Lipinski definition) is 2. The summed E-state index contributed by atoms with van der Waals surface area (Å²) in [6, 6.07) is 8.17. The van der Waals surface area contributed by atoms with Gasteiger partial charge in [0.15, 0.2) is 0 Å². The van der Waals surface area contributed by atoms with E-state index in [1.807, 2.05) is 18.2 Å². The van der Waals surface area contributed by atoms with Crippen molar-refractivity contribution in [1.82, 2.24) is 5.32 Å². The maximum atomic E-state index is 11.5. The summed E-state index contributed by atoms with van der Waals surface area (Å²) < 4.78 is 0. The number of nitrogens with one attached hydrogen (secondary N) is 1. The third-order valence-corrected chi connectivity index (χ3v) is 3.32. The van der Waals surface area contributed by atoms with Crippen molar-refractivity contribution >= 4 is 5.91 Å². The second-order valence-electron chi connectivity index (χ2n) is 4.05. The Bertz CT molecular complexity index is 464.